The highest BCUT2D eigenvalue weighted by Crippen LogP contribution is 2.77. The van der Waals surface area contributed by atoms with Crippen molar-refractivity contribution in [3.8, 4) is 0 Å². The third kappa shape index (κ3) is 2.39. The maximum atomic E-state index is 13.1. The summed E-state index contributed by atoms with van der Waals surface area (Å²) in [4.78, 5) is 25.8. The Morgan fingerprint density at radius 2 is 1.59 bits per heavy atom. The zero-order valence-electron chi connectivity index (χ0n) is 21.2. The summed E-state index contributed by atoms with van der Waals surface area (Å²) < 4.78 is 0. The van der Waals surface area contributed by atoms with Crippen LogP contribution in [0.25, 0.3) is 0 Å². The van der Waals surface area contributed by atoms with E-state index in [1.54, 1.807) is 0 Å². The molecule has 9 atom stereocenters. The van der Waals surface area contributed by atoms with Crippen molar-refractivity contribution in [1.82, 2.24) is 0 Å². The Balaban J connectivity index is 1.58. The molecule has 0 aromatic carbocycles. The second-order valence-corrected chi connectivity index (χ2v) is 14.0. The zero-order chi connectivity index (χ0) is 23.5. The number of carbonyl (C=O) groups is 2. The van der Waals surface area contributed by atoms with Crippen molar-refractivity contribution in [3.63, 3.8) is 0 Å². The van der Waals surface area contributed by atoms with Crippen LogP contribution in [-0.2, 0) is 9.59 Å². The predicted molar refractivity (Wildman–Crippen MR) is 127 cm³/mol. The molecule has 32 heavy (non-hydrogen) atoms. The molecule has 0 radical (unpaired) electrons. The summed E-state index contributed by atoms with van der Waals surface area (Å²) in [5.41, 5.74) is 0.842. The van der Waals surface area contributed by atoms with Gasteiger partial charge in [0, 0.05) is 11.8 Å². The fourth-order valence-electron chi connectivity index (χ4n) is 11.1. The first kappa shape index (κ1) is 22.7. The van der Waals surface area contributed by atoms with E-state index in [9.17, 15) is 14.7 Å². The fraction of sp³-hybridized carbons (Fsp3) is 0.862. The molecule has 0 aromatic rings. The molecule has 5 saturated carbocycles. The summed E-state index contributed by atoms with van der Waals surface area (Å²) in [5.74, 6) is 1.96. The minimum Gasteiger partial charge on any atom is -0.481 e. The topological polar surface area (TPSA) is 54.4 Å². The summed E-state index contributed by atoms with van der Waals surface area (Å²) in [6.45, 7) is 18.3. The molecule has 5 aliphatic rings. The van der Waals surface area contributed by atoms with Crippen molar-refractivity contribution in [2.24, 2.45) is 56.7 Å². The van der Waals surface area contributed by atoms with E-state index >= 15 is 0 Å². The maximum absolute atomic E-state index is 13.1. The summed E-state index contributed by atoms with van der Waals surface area (Å²) in [5, 5.41) is 10.5. The first-order valence-electron chi connectivity index (χ1n) is 13.2. The van der Waals surface area contributed by atoms with Crippen LogP contribution in [0.3, 0.4) is 0 Å². The Kier molecular flexibility index (Phi) is 4.61. The molecule has 3 heteroatoms. The minimum absolute atomic E-state index is 0.0896. The Labute approximate surface area is 194 Å². The van der Waals surface area contributed by atoms with E-state index in [-0.39, 0.29) is 27.6 Å². The largest absolute Gasteiger partial charge is 0.481 e. The standard InChI is InChI=1S/C29H44O3/c1-17(2)18-10-13-29(24(31)32)15-14-27(6)19(23(18)29)8-9-21-26(5)16-22(30)25(3,4)20(26)11-12-28(21,27)7/h18-21,23H,1,8-16H2,2-7H3,(H,31,32). The first-order valence-corrected chi connectivity index (χ1v) is 13.2. The lowest BCUT2D eigenvalue weighted by Crippen LogP contribution is -2.64. The summed E-state index contributed by atoms with van der Waals surface area (Å²) >= 11 is 0. The van der Waals surface area contributed by atoms with Crippen molar-refractivity contribution in [1.29, 1.82) is 0 Å². The van der Waals surface area contributed by atoms with E-state index in [1.807, 2.05) is 0 Å². The maximum Gasteiger partial charge on any atom is 0.309 e. The number of rotatable bonds is 2. The number of Topliss-reactive ketones (excluding diaryl/α,β-unsaturated/α-hetero) is 1. The van der Waals surface area contributed by atoms with Gasteiger partial charge in [-0.05, 0) is 104 Å². The normalized spacial score (nSPS) is 53.7. The zero-order valence-corrected chi connectivity index (χ0v) is 21.2. The number of hydrogen-bond donors (Lipinski definition) is 1. The Bertz CT molecular complexity index is 887. The number of carboxylic acid groups (broad SMARTS) is 1. The van der Waals surface area contributed by atoms with Crippen molar-refractivity contribution in [3.05, 3.63) is 12.2 Å². The van der Waals surface area contributed by atoms with E-state index in [0.717, 1.165) is 51.4 Å². The third-order valence-corrected chi connectivity index (χ3v) is 12.9. The van der Waals surface area contributed by atoms with Crippen molar-refractivity contribution in [2.45, 2.75) is 99.3 Å². The number of fused-ring (bicyclic) bond motifs is 7. The summed E-state index contributed by atoms with van der Waals surface area (Å²) in [6.07, 6.45) is 8.99. The monoisotopic (exact) mass is 440 g/mol. The van der Waals surface area contributed by atoms with Gasteiger partial charge in [0.05, 0.1) is 5.41 Å². The van der Waals surface area contributed by atoms with Gasteiger partial charge in [0.1, 0.15) is 5.78 Å². The molecule has 5 aliphatic carbocycles. The van der Waals surface area contributed by atoms with Crippen LogP contribution < -0.4 is 0 Å². The smallest absolute Gasteiger partial charge is 0.309 e. The lowest BCUT2D eigenvalue weighted by molar-refractivity contribution is -0.221. The van der Waals surface area contributed by atoms with E-state index in [1.165, 1.54) is 12.0 Å². The van der Waals surface area contributed by atoms with Gasteiger partial charge in [-0.2, -0.15) is 0 Å². The van der Waals surface area contributed by atoms with Crippen LogP contribution in [-0.4, -0.2) is 16.9 Å². The van der Waals surface area contributed by atoms with Crippen LogP contribution >= 0.6 is 0 Å². The number of allylic oxidation sites excluding steroid dienone is 1. The van der Waals surface area contributed by atoms with Crippen LogP contribution in [0.15, 0.2) is 12.2 Å². The van der Waals surface area contributed by atoms with E-state index < -0.39 is 11.4 Å². The van der Waals surface area contributed by atoms with Crippen LogP contribution in [0.5, 0.6) is 0 Å². The van der Waals surface area contributed by atoms with Gasteiger partial charge in [-0.1, -0.05) is 46.8 Å². The lowest BCUT2D eigenvalue weighted by atomic mass is 9.34. The second-order valence-electron chi connectivity index (χ2n) is 14.0. The van der Waals surface area contributed by atoms with Gasteiger partial charge in [0.25, 0.3) is 0 Å². The van der Waals surface area contributed by atoms with Gasteiger partial charge < -0.3 is 5.11 Å². The van der Waals surface area contributed by atoms with Gasteiger partial charge in [0.2, 0.25) is 0 Å². The van der Waals surface area contributed by atoms with Crippen LogP contribution in [0.2, 0.25) is 0 Å². The average molecular weight is 441 g/mol. The van der Waals surface area contributed by atoms with Crippen molar-refractivity contribution < 1.29 is 14.7 Å². The van der Waals surface area contributed by atoms with Crippen LogP contribution in [0.1, 0.15) is 99.3 Å². The number of carboxylic acids is 1. The molecule has 0 aromatic heterocycles. The molecular formula is C29H44O3. The second kappa shape index (κ2) is 6.51. The number of aliphatic carboxylic acids is 1. The van der Waals surface area contributed by atoms with E-state index in [2.05, 4.69) is 48.1 Å². The molecule has 0 amide bonds. The molecule has 5 rings (SSSR count). The average Bonchev–Trinajstić information content (AvgIpc) is 3.17. The molecule has 0 heterocycles. The predicted octanol–water partition coefficient (Wildman–Crippen LogP) is 6.91. The molecule has 178 valence electrons. The van der Waals surface area contributed by atoms with Gasteiger partial charge in [-0.25, -0.2) is 0 Å². The number of hydrogen-bond acceptors (Lipinski definition) is 2. The van der Waals surface area contributed by atoms with Gasteiger partial charge in [-0.15, -0.1) is 0 Å². The van der Waals surface area contributed by atoms with Crippen molar-refractivity contribution in [2.75, 3.05) is 0 Å². The van der Waals surface area contributed by atoms with Crippen LogP contribution in [0.4, 0.5) is 0 Å². The highest BCUT2D eigenvalue weighted by atomic mass is 16.4. The summed E-state index contributed by atoms with van der Waals surface area (Å²) in [7, 11) is 0. The molecule has 9 unspecified atom stereocenters. The minimum atomic E-state index is -0.556. The molecule has 3 nitrogen and oxygen atoms in total. The summed E-state index contributed by atoms with van der Waals surface area (Å²) in [6, 6.07) is 0. The van der Waals surface area contributed by atoms with Crippen molar-refractivity contribution >= 4 is 11.8 Å². The van der Waals surface area contributed by atoms with Gasteiger partial charge in [-0.3, -0.25) is 9.59 Å². The number of carbonyl (C=O) groups excluding carboxylic acids is 1. The Morgan fingerprint density at radius 3 is 2.22 bits per heavy atom. The molecule has 0 bridgehead atoms. The molecule has 0 aliphatic heterocycles. The quantitative estimate of drug-likeness (QED) is 0.475. The Hall–Kier alpha value is -1.12. The number of ketones is 1. The molecule has 0 saturated heterocycles. The third-order valence-electron chi connectivity index (χ3n) is 12.9. The molecule has 1 N–H and O–H groups in total. The SMILES string of the molecule is C=C(C)C1CCC2(C(=O)O)CCC3(C)C(CCC4C5(C)CC(=O)C(C)(C)C5CCC43C)C12. The van der Waals surface area contributed by atoms with Crippen LogP contribution in [0, 0.1) is 56.7 Å². The fourth-order valence-corrected chi connectivity index (χ4v) is 11.1. The first-order chi connectivity index (χ1) is 14.8. The molecule has 0 spiro atoms. The highest BCUT2D eigenvalue weighted by molar-refractivity contribution is 5.88. The van der Waals surface area contributed by atoms with Gasteiger partial charge >= 0.3 is 5.97 Å². The molecule has 5 fully saturated rings. The van der Waals surface area contributed by atoms with Gasteiger partial charge in [0.15, 0.2) is 0 Å². The highest BCUT2D eigenvalue weighted by Gasteiger charge is 2.73. The van der Waals surface area contributed by atoms with E-state index in [0.29, 0.717) is 29.5 Å². The molecular weight excluding hydrogens is 396 g/mol. The Morgan fingerprint density at radius 1 is 0.906 bits per heavy atom. The van der Waals surface area contributed by atoms with E-state index in [4.69, 9.17) is 0 Å². The lowest BCUT2D eigenvalue weighted by Gasteiger charge is -2.70.